The number of nitrogens with zero attached hydrogens (tertiary/aromatic N) is 2. The smallest absolute Gasteiger partial charge is 0.251 e. The SMILES string of the molecule is CCCN1C(CN2CCC(c3cccc4c3CNC4=O)C2)CCCC1OC. The summed E-state index contributed by atoms with van der Waals surface area (Å²) < 4.78 is 5.77. The summed E-state index contributed by atoms with van der Waals surface area (Å²) in [6.45, 7) is 7.49. The van der Waals surface area contributed by atoms with Crippen molar-refractivity contribution in [2.75, 3.05) is 33.3 Å². The van der Waals surface area contributed by atoms with E-state index in [1.807, 2.05) is 13.2 Å². The number of rotatable bonds is 6. The first kappa shape index (κ1) is 18.9. The summed E-state index contributed by atoms with van der Waals surface area (Å²) in [7, 11) is 1.85. The van der Waals surface area contributed by atoms with E-state index in [0.717, 1.165) is 38.2 Å². The standard InChI is InChI=1S/C22H33N3O2/c1-3-11-25-17(6-4-9-21(25)27-2)15-24-12-10-16(14-24)18-7-5-8-19-20(18)13-23-22(19)26/h5,7-8,16-17,21H,3-4,6,9-15H2,1-2H3,(H,23,26). The quantitative estimate of drug-likeness (QED) is 0.835. The number of benzene rings is 1. The first-order valence-corrected chi connectivity index (χ1v) is 10.6. The number of hydrogen-bond donors (Lipinski definition) is 1. The molecule has 27 heavy (non-hydrogen) atoms. The van der Waals surface area contributed by atoms with E-state index in [1.54, 1.807) is 0 Å². The zero-order valence-corrected chi connectivity index (χ0v) is 16.7. The van der Waals surface area contributed by atoms with Crippen LogP contribution in [0.15, 0.2) is 18.2 Å². The van der Waals surface area contributed by atoms with Gasteiger partial charge in [-0.15, -0.1) is 0 Å². The van der Waals surface area contributed by atoms with Crippen molar-refractivity contribution in [1.29, 1.82) is 0 Å². The first-order valence-electron chi connectivity index (χ1n) is 10.6. The summed E-state index contributed by atoms with van der Waals surface area (Å²) >= 11 is 0. The second-order valence-corrected chi connectivity index (χ2v) is 8.31. The lowest BCUT2D eigenvalue weighted by Crippen LogP contribution is -2.52. The van der Waals surface area contributed by atoms with Crippen molar-refractivity contribution in [2.24, 2.45) is 0 Å². The molecule has 0 radical (unpaired) electrons. The average Bonchev–Trinajstić information content (AvgIpc) is 3.30. The molecule has 0 aromatic heterocycles. The van der Waals surface area contributed by atoms with Gasteiger partial charge in [0, 0.05) is 44.9 Å². The molecule has 1 N–H and O–H groups in total. The molecular formula is C22H33N3O2. The van der Waals surface area contributed by atoms with E-state index in [9.17, 15) is 4.79 Å². The lowest BCUT2D eigenvalue weighted by molar-refractivity contribution is -0.0869. The van der Waals surface area contributed by atoms with E-state index < -0.39 is 0 Å². The van der Waals surface area contributed by atoms with Crippen molar-refractivity contribution >= 4 is 5.91 Å². The summed E-state index contributed by atoms with van der Waals surface area (Å²) in [4.78, 5) is 17.2. The second-order valence-electron chi connectivity index (χ2n) is 8.31. The molecule has 1 amide bonds. The van der Waals surface area contributed by atoms with Crippen molar-refractivity contribution in [2.45, 2.75) is 63.8 Å². The number of likely N-dealkylation sites (tertiary alicyclic amines) is 2. The van der Waals surface area contributed by atoms with Crippen LogP contribution in [-0.2, 0) is 11.3 Å². The molecule has 3 heterocycles. The van der Waals surface area contributed by atoms with Crippen LogP contribution in [0.3, 0.4) is 0 Å². The van der Waals surface area contributed by atoms with Crippen molar-refractivity contribution in [3.63, 3.8) is 0 Å². The predicted molar refractivity (Wildman–Crippen MR) is 107 cm³/mol. The lowest BCUT2D eigenvalue weighted by Gasteiger charge is -2.42. The van der Waals surface area contributed by atoms with Gasteiger partial charge in [0.15, 0.2) is 0 Å². The maximum atomic E-state index is 12.0. The maximum absolute atomic E-state index is 12.0. The molecule has 3 unspecified atom stereocenters. The van der Waals surface area contributed by atoms with Gasteiger partial charge < -0.3 is 15.0 Å². The van der Waals surface area contributed by atoms with Crippen molar-refractivity contribution < 1.29 is 9.53 Å². The molecule has 4 rings (SSSR count). The van der Waals surface area contributed by atoms with E-state index in [2.05, 4.69) is 34.2 Å². The Morgan fingerprint density at radius 2 is 2.15 bits per heavy atom. The molecule has 1 aromatic rings. The number of fused-ring (bicyclic) bond motifs is 1. The van der Waals surface area contributed by atoms with Crippen molar-refractivity contribution in [3.8, 4) is 0 Å². The number of carbonyl (C=O) groups is 1. The monoisotopic (exact) mass is 371 g/mol. The first-order chi connectivity index (χ1) is 13.2. The molecule has 148 valence electrons. The highest BCUT2D eigenvalue weighted by Gasteiger charge is 2.34. The minimum absolute atomic E-state index is 0.0877. The van der Waals surface area contributed by atoms with Crippen LogP contribution in [0.5, 0.6) is 0 Å². The zero-order valence-electron chi connectivity index (χ0n) is 16.7. The van der Waals surface area contributed by atoms with Crippen LogP contribution < -0.4 is 5.32 Å². The molecule has 3 aliphatic rings. The molecular weight excluding hydrogens is 338 g/mol. The Morgan fingerprint density at radius 3 is 2.96 bits per heavy atom. The summed E-state index contributed by atoms with van der Waals surface area (Å²) in [6.07, 6.45) is 6.36. The minimum atomic E-state index is 0.0877. The highest BCUT2D eigenvalue weighted by atomic mass is 16.5. The molecule has 3 atom stereocenters. The van der Waals surface area contributed by atoms with Crippen LogP contribution in [0.2, 0.25) is 0 Å². The number of methoxy groups -OCH3 is 1. The molecule has 0 saturated carbocycles. The van der Waals surface area contributed by atoms with Crippen LogP contribution in [-0.4, -0.2) is 61.3 Å². The lowest BCUT2D eigenvalue weighted by atomic mass is 9.91. The van der Waals surface area contributed by atoms with Crippen LogP contribution in [0, 0.1) is 0 Å². The van der Waals surface area contributed by atoms with Crippen molar-refractivity contribution in [1.82, 2.24) is 15.1 Å². The topological polar surface area (TPSA) is 44.8 Å². The Kier molecular flexibility index (Phi) is 5.81. The van der Waals surface area contributed by atoms with Crippen LogP contribution in [0.4, 0.5) is 0 Å². The van der Waals surface area contributed by atoms with E-state index in [0.29, 0.717) is 18.5 Å². The van der Waals surface area contributed by atoms with Gasteiger partial charge >= 0.3 is 0 Å². The second kappa shape index (κ2) is 8.29. The van der Waals surface area contributed by atoms with Gasteiger partial charge in [0.25, 0.3) is 5.91 Å². The average molecular weight is 372 g/mol. The molecule has 5 nitrogen and oxygen atoms in total. The van der Waals surface area contributed by atoms with Crippen LogP contribution in [0.25, 0.3) is 0 Å². The van der Waals surface area contributed by atoms with E-state index in [-0.39, 0.29) is 12.1 Å². The molecule has 5 heteroatoms. The molecule has 0 aliphatic carbocycles. The van der Waals surface area contributed by atoms with Gasteiger partial charge in [-0.05, 0) is 61.8 Å². The van der Waals surface area contributed by atoms with E-state index in [1.165, 1.54) is 36.8 Å². The Labute approximate surface area is 163 Å². The Balaban J connectivity index is 1.42. The normalized spacial score (nSPS) is 29.1. The van der Waals surface area contributed by atoms with E-state index in [4.69, 9.17) is 4.74 Å². The molecule has 0 bridgehead atoms. The van der Waals surface area contributed by atoms with Crippen molar-refractivity contribution in [3.05, 3.63) is 34.9 Å². The highest BCUT2D eigenvalue weighted by molar-refractivity contribution is 5.98. The number of hydrogen-bond acceptors (Lipinski definition) is 4. The Hall–Kier alpha value is -1.43. The number of ether oxygens (including phenoxy) is 1. The molecule has 0 spiro atoms. The summed E-state index contributed by atoms with van der Waals surface area (Å²) in [5.74, 6) is 0.638. The fourth-order valence-corrected chi connectivity index (χ4v) is 5.34. The van der Waals surface area contributed by atoms with Gasteiger partial charge in [0.05, 0.1) is 0 Å². The number of carbonyl (C=O) groups excluding carboxylic acids is 1. The summed E-state index contributed by atoms with van der Waals surface area (Å²) in [5, 5.41) is 2.98. The fraction of sp³-hybridized carbons (Fsp3) is 0.682. The Morgan fingerprint density at radius 1 is 1.26 bits per heavy atom. The minimum Gasteiger partial charge on any atom is -0.366 e. The maximum Gasteiger partial charge on any atom is 0.251 e. The van der Waals surface area contributed by atoms with Gasteiger partial charge in [-0.1, -0.05) is 19.1 Å². The summed E-state index contributed by atoms with van der Waals surface area (Å²) in [6, 6.07) is 6.85. The zero-order chi connectivity index (χ0) is 18.8. The number of nitrogens with one attached hydrogen (secondary N) is 1. The van der Waals surface area contributed by atoms with Crippen LogP contribution in [0.1, 0.15) is 66.4 Å². The van der Waals surface area contributed by atoms with Gasteiger partial charge in [-0.2, -0.15) is 0 Å². The summed E-state index contributed by atoms with van der Waals surface area (Å²) in [5.41, 5.74) is 3.51. The molecule has 2 fully saturated rings. The third kappa shape index (κ3) is 3.78. The van der Waals surface area contributed by atoms with Gasteiger partial charge in [-0.25, -0.2) is 0 Å². The number of piperidine rings is 1. The van der Waals surface area contributed by atoms with Crippen LogP contribution >= 0.6 is 0 Å². The largest absolute Gasteiger partial charge is 0.366 e. The Bertz CT molecular complexity index is 678. The van der Waals surface area contributed by atoms with Gasteiger partial charge in [0.1, 0.15) is 6.23 Å². The molecule has 3 aliphatic heterocycles. The van der Waals surface area contributed by atoms with E-state index >= 15 is 0 Å². The highest BCUT2D eigenvalue weighted by Crippen LogP contribution is 2.34. The predicted octanol–water partition coefficient (Wildman–Crippen LogP) is 2.96. The number of amides is 1. The third-order valence-corrected chi connectivity index (χ3v) is 6.64. The van der Waals surface area contributed by atoms with Gasteiger partial charge in [-0.3, -0.25) is 9.69 Å². The fourth-order valence-electron chi connectivity index (χ4n) is 5.34. The molecule has 2 saturated heterocycles. The molecule has 1 aromatic carbocycles. The third-order valence-electron chi connectivity index (χ3n) is 6.64. The van der Waals surface area contributed by atoms with Gasteiger partial charge in [0.2, 0.25) is 0 Å².